The summed E-state index contributed by atoms with van der Waals surface area (Å²) >= 11 is 0. The van der Waals surface area contributed by atoms with Crippen LogP contribution in [-0.4, -0.2) is 79.3 Å². The molecule has 2 amide bonds. The predicted molar refractivity (Wildman–Crippen MR) is 202 cm³/mol. The summed E-state index contributed by atoms with van der Waals surface area (Å²) in [5.74, 6) is 0.671. The third kappa shape index (κ3) is 9.33. The van der Waals surface area contributed by atoms with E-state index in [0.29, 0.717) is 22.8 Å². The first-order valence-corrected chi connectivity index (χ1v) is 18.8. The lowest BCUT2D eigenvalue weighted by Gasteiger charge is -2.34. The Labute approximate surface area is 311 Å². The molecule has 0 aliphatic heterocycles. The predicted octanol–water partition coefficient (Wildman–Crippen LogP) is 5.62. The maximum absolute atomic E-state index is 15.0. The van der Waals surface area contributed by atoms with Crippen LogP contribution < -0.4 is 33.3 Å². The Balaban J connectivity index is 1.65. The maximum atomic E-state index is 15.0. The zero-order valence-electron chi connectivity index (χ0n) is 30.7. The van der Waals surface area contributed by atoms with E-state index in [-0.39, 0.29) is 47.0 Å². The Hall–Kier alpha value is -5.43. The molecule has 4 aromatic carbocycles. The number of carbonyl (C=O) groups is 2. The van der Waals surface area contributed by atoms with E-state index in [9.17, 15) is 13.2 Å². The zero-order chi connectivity index (χ0) is 38.0. The molecule has 0 aromatic heterocycles. The molecule has 4 aromatic rings. The van der Waals surface area contributed by atoms with E-state index in [1.54, 1.807) is 37.4 Å². The molecule has 53 heavy (non-hydrogen) atoms. The van der Waals surface area contributed by atoms with Crippen LogP contribution in [0, 0.1) is 0 Å². The van der Waals surface area contributed by atoms with Crippen molar-refractivity contribution in [1.29, 1.82) is 0 Å². The fourth-order valence-corrected chi connectivity index (χ4v) is 7.93. The third-order valence-corrected chi connectivity index (χ3v) is 11.1. The zero-order valence-corrected chi connectivity index (χ0v) is 31.6. The molecule has 1 N–H and O–H groups in total. The molecule has 0 saturated heterocycles. The van der Waals surface area contributed by atoms with Gasteiger partial charge in [0, 0.05) is 31.1 Å². The first-order chi connectivity index (χ1) is 25.6. The van der Waals surface area contributed by atoms with Crippen LogP contribution in [0.15, 0.2) is 95.9 Å². The van der Waals surface area contributed by atoms with Crippen LogP contribution in [-0.2, 0) is 32.6 Å². The first kappa shape index (κ1) is 38.8. The van der Waals surface area contributed by atoms with E-state index < -0.39 is 28.5 Å². The second-order valence-electron chi connectivity index (χ2n) is 12.6. The van der Waals surface area contributed by atoms with Crippen LogP contribution in [0.25, 0.3) is 0 Å². The van der Waals surface area contributed by atoms with Gasteiger partial charge in [-0.15, -0.1) is 0 Å². The largest absolute Gasteiger partial charge is 0.497 e. The molecule has 1 aliphatic carbocycles. The van der Waals surface area contributed by atoms with E-state index in [1.165, 1.54) is 57.6 Å². The number of nitrogens with zero attached hydrogens (tertiary/aromatic N) is 2. The van der Waals surface area contributed by atoms with Gasteiger partial charge in [-0.3, -0.25) is 13.9 Å². The Morgan fingerprint density at radius 1 is 0.717 bits per heavy atom. The van der Waals surface area contributed by atoms with Gasteiger partial charge in [-0.1, -0.05) is 55.3 Å². The number of amides is 2. The van der Waals surface area contributed by atoms with Crippen molar-refractivity contribution in [3.05, 3.63) is 102 Å². The summed E-state index contributed by atoms with van der Waals surface area (Å²) in [7, 11) is 2.75. The van der Waals surface area contributed by atoms with Gasteiger partial charge in [0.25, 0.3) is 10.0 Å². The van der Waals surface area contributed by atoms with Gasteiger partial charge in [-0.05, 0) is 60.4 Å². The van der Waals surface area contributed by atoms with Gasteiger partial charge in [-0.25, -0.2) is 8.42 Å². The van der Waals surface area contributed by atoms with Crippen LogP contribution in [0.3, 0.4) is 0 Å². The van der Waals surface area contributed by atoms with E-state index in [4.69, 9.17) is 23.7 Å². The summed E-state index contributed by atoms with van der Waals surface area (Å²) in [5, 5.41) is 3.19. The van der Waals surface area contributed by atoms with Gasteiger partial charge in [0.15, 0.2) is 11.5 Å². The van der Waals surface area contributed by atoms with Crippen molar-refractivity contribution in [3.8, 4) is 28.7 Å². The summed E-state index contributed by atoms with van der Waals surface area (Å²) in [6.45, 7) is -0.697. The molecule has 0 radical (unpaired) electrons. The topological polar surface area (TPSA) is 133 Å². The molecule has 1 aliphatic rings. The van der Waals surface area contributed by atoms with Crippen LogP contribution >= 0.6 is 0 Å². The maximum Gasteiger partial charge on any atom is 0.265 e. The van der Waals surface area contributed by atoms with Crippen LogP contribution in [0.4, 0.5) is 5.69 Å². The summed E-state index contributed by atoms with van der Waals surface area (Å²) in [6, 6.07) is 24.5. The number of hydrogen-bond donors (Lipinski definition) is 1. The summed E-state index contributed by atoms with van der Waals surface area (Å²) in [6.07, 6.45) is 3.90. The normalized spacial score (nSPS) is 13.5. The Morgan fingerprint density at radius 2 is 1.36 bits per heavy atom. The van der Waals surface area contributed by atoms with Crippen molar-refractivity contribution < 1.29 is 41.7 Å². The molecule has 0 bridgehead atoms. The van der Waals surface area contributed by atoms with Crippen molar-refractivity contribution in [2.24, 2.45) is 0 Å². The average molecular weight is 746 g/mol. The number of anilines is 1. The number of sulfonamides is 1. The van der Waals surface area contributed by atoms with Crippen molar-refractivity contribution in [3.63, 3.8) is 0 Å². The molecule has 1 atom stereocenters. The third-order valence-electron chi connectivity index (χ3n) is 9.34. The van der Waals surface area contributed by atoms with E-state index in [1.807, 2.05) is 36.4 Å². The van der Waals surface area contributed by atoms with Gasteiger partial charge in [0.05, 0.1) is 46.1 Å². The molecule has 12 nitrogen and oxygen atoms in total. The smallest absolute Gasteiger partial charge is 0.265 e. The second kappa shape index (κ2) is 17.9. The molecule has 5 rings (SSSR count). The Kier molecular flexibility index (Phi) is 13.1. The number of carbonyl (C=O) groups excluding carboxylic acids is 2. The second-order valence-corrected chi connectivity index (χ2v) is 14.5. The monoisotopic (exact) mass is 745 g/mol. The highest BCUT2D eigenvalue weighted by atomic mass is 32.2. The number of ether oxygens (including phenoxy) is 5. The SMILES string of the molecule is COc1cccc(CN(C(=O)CN(c2cc(OC)ccc2OC)S(=O)(=O)c2ccc(OC)c(OC)c2)C(Cc2ccccc2)C(=O)NC2CCCC2)c1. The Morgan fingerprint density at radius 3 is 2.02 bits per heavy atom. The molecule has 1 unspecified atom stereocenters. The molecule has 1 fully saturated rings. The van der Waals surface area contributed by atoms with Crippen LogP contribution in [0.5, 0.6) is 28.7 Å². The number of hydrogen-bond acceptors (Lipinski definition) is 9. The van der Waals surface area contributed by atoms with E-state index in [0.717, 1.165) is 35.6 Å². The van der Waals surface area contributed by atoms with Crippen LogP contribution in [0.2, 0.25) is 0 Å². The molecule has 0 spiro atoms. The minimum atomic E-state index is -4.51. The van der Waals surface area contributed by atoms with Gasteiger partial charge < -0.3 is 33.9 Å². The molecule has 282 valence electrons. The fourth-order valence-electron chi connectivity index (χ4n) is 6.50. The van der Waals surface area contributed by atoms with E-state index >= 15 is 4.79 Å². The summed E-state index contributed by atoms with van der Waals surface area (Å²) < 4.78 is 57.9. The van der Waals surface area contributed by atoms with Crippen molar-refractivity contribution in [2.45, 2.75) is 55.6 Å². The molecule has 0 heterocycles. The number of methoxy groups -OCH3 is 5. The minimum absolute atomic E-state index is 0.00882. The summed E-state index contributed by atoms with van der Waals surface area (Å²) in [5.41, 5.74) is 1.59. The van der Waals surface area contributed by atoms with E-state index in [2.05, 4.69) is 5.32 Å². The first-order valence-electron chi connectivity index (χ1n) is 17.3. The van der Waals surface area contributed by atoms with Gasteiger partial charge in [0.2, 0.25) is 11.8 Å². The van der Waals surface area contributed by atoms with Crippen molar-refractivity contribution >= 4 is 27.5 Å². The standard InChI is InChI=1S/C40H47N3O9S/c1-48-31-17-11-14-29(22-31)26-42(35(23-28-12-7-6-8-13-28)40(45)41-30-15-9-10-16-30)39(44)27-43(34-24-32(49-2)18-20-36(34)50-3)53(46,47)33-19-21-37(51-4)38(25-33)52-5/h6-8,11-14,17-22,24-25,30,35H,9-10,15-16,23,26-27H2,1-5H3,(H,41,45). The van der Waals surface area contributed by atoms with Crippen molar-refractivity contribution in [1.82, 2.24) is 10.2 Å². The fraction of sp³-hybridized carbons (Fsp3) is 0.350. The Bertz CT molecular complexity index is 1970. The molecule has 13 heteroatoms. The van der Waals surface area contributed by atoms with Gasteiger partial charge in [0.1, 0.15) is 29.8 Å². The van der Waals surface area contributed by atoms with Crippen molar-refractivity contribution in [2.75, 3.05) is 46.4 Å². The number of rotatable bonds is 17. The quantitative estimate of drug-likeness (QED) is 0.146. The lowest BCUT2D eigenvalue weighted by Crippen LogP contribution is -2.54. The lowest BCUT2D eigenvalue weighted by molar-refractivity contribution is -0.140. The van der Waals surface area contributed by atoms with Gasteiger partial charge in [-0.2, -0.15) is 0 Å². The van der Waals surface area contributed by atoms with Gasteiger partial charge >= 0.3 is 0 Å². The number of nitrogens with one attached hydrogen (secondary N) is 1. The van der Waals surface area contributed by atoms with Crippen LogP contribution in [0.1, 0.15) is 36.8 Å². The molecular weight excluding hydrogens is 699 g/mol. The highest BCUT2D eigenvalue weighted by Gasteiger charge is 2.37. The minimum Gasteiger partial charge on any atom is -0.497 e. The molecule has 1 saturated carbocycles. The highest BCUT2D eigenvalue weighted by Crippen LogP contribution is 2.38. The summed E-state index contributed by atoms with van der Waals surface area (Å²) in [4.78, 5) is 30.6. The highest BCUT2D eigenvalue weighted by molar-refractivity contribution is 7.92. The number of benzene rings is 4. The average Bonchev–Trinajstić information content (AvgIpc) is 3.71. The lowest BCUT2D eigenvalue weighted by atomic mass is 10.0. The molecular formula is C40H47N3O9S.